The molecule has 0 aliphatic carbocycles. The third-order valence-electron chi connectivity index (χ3n) is 3.78. The summed E-state index contributed by atoms with van der Waals surface area (Å²) in [5.74, 6) is 0. The Kier molecular flexibility index (Phi) is 4.95. The van der Waals surface area contributed by atoms with Crippen LogP contribution in [0.1, 0.15) is 16.7 Å². The summed E-state index contributed by atoms with van der Waals surface area (Å²) in [5.41, 5.74) is 4.62. The molecular weight excluding hydrogens is 314 g/mol. The maximum absolute atomic E-state index is 12.0. The van der Waals surface area contributed by atoms with Crippen LogP contribution in [0.4, 0.5) is 16.2 Å². The highest BCUT2D eigenvalue weighted by Gasteiger charge is 2.03. The van der Waals surface area contributed by atoms with E-state index in [-0.39, 0.29) is 11.6 Å². The minimum atomic E-state index is -0.280. The highest BCUT2D eigenvalue weighted by atomic mass is 16.2. The molecule has 3 aromatic rings. The van der Waals surface area contributed by atoms with Gasteiger partial charge in [0.15, 0.2) is 0 Å². The minimum Gasteiger partial charge on any atom is -0.329 e. The zero-order valence-corrected chi connectivity index (χ0v) is 13.9. The molecular formula is C20H19N3O2. The van der Waals surface area contributed by atoms with Crippen LogP contribution in [0.15, 0.2) is 71.7 Å². The first-order valence-electron chi connectivity index (χ1n) is 8.00. The van der Waals surface area contributed by atoms with Crippen LogP contribution in [0.25, 0.3) is 0 Å². The van der Waals surface area contributed by atoms with Crippen molar-refractivity contribution in [3.05, 3.63) is 93.9 Å². The summed E-state index contributed by atoms with van der Waals surface area (Å²) in [7, 11) is 0. The van der Waals surface area contributed by atoms with E-state index in [1.54, 1.807) is 12.3 Å². The molecule has 0 bridgehead atoms. The predicted octanol–water partition coefficient (Wildman–Crippen LogP) is 3.92. The first kappa shape index (κ1) is 16.5. The molecule has 2 aromatic carbocycles. The maximum Gasteiger partial charge on any atom is 0.323 e. The van der Waals surface area contributed by atoms with Crippen LogP contribution < -0.4 is 16.2 Å². The van der Waals surface area contributed by atoms with E-state index in [9.17, 15) is 9.59 Å². The van der Waals surface area contributed by atoms with Gasteiger partial charge in [0, 0.05) is 23.6 Å². The molecule has 0 aliphatic heterocycles. The molecule has 0 unspecified atom stereocenters. The molecule has 2 amide bonds. The van der Waals surface area contributed by atoms with E-state index < -0.39 is 0 Å². The van der Waals surface area contributed by atoms with Gasteiger partial charge in [-0.05, 0) is 48.7 Å². The number of pyridine rings is 1. The second-order valence-corrected chi connectivity index (χ2v) is 5.88. The summed E-state index contributed by atoms with van der Waals surface area (Å²) in [4.78, 5) is 25.7. The number of benzene rings is 2. The monoisotopic (exact) mass is 333 g/mol. The average molecular weight is 333 g/mol. The number of aromatic nitrogens is 1. The Morgan fingerprint density at radius 2 is 1.40 bits per heavy atom. The number of carbonyl (C=O) groups excluding carboxylic acids is 1. The Morgan fingerprint density at radius 3 is 1.96 bits per heavy atom. The second kappa shape index (κ2) is 7.49. The molecule has 0 saturated carbocycles. The number of aryl methyl sites for hydroxylation is 1. The summed E-state index contributed by atoms with van der Waals surface area (Å²) < 4.78 is 0. The largest absolute Gasteiger partial charge is 0.329 e. The molecule has 0 aliphatic rings. The number of carbonyl (C=O) groups is 1. The summed E-state index contributed by atoms with van der Waals surface area (Å²) in [6.07, 6.45) is 2.43. The van der Waals surface area contributed by atoms with Crippen LogP contribution in [-0.4, -0.2) is 11.0 Å². The first-order valence-corrected chi connectivity index (χ1v) is 8.00. The quantitative estimate of drug-likeness (QED) is 0.677. The molecule has 0 fully saturated rings. The van der Waals surface area contributed by atoms with E-state index in [4.69, 9.17) is 0 Å². The molecule has 0 atom stereocenters. The Balaban J connectivity index is 1.58. The fourth-order valence-electron chi connectivity index (χ4n) is 2.42. The summed E-state index contributed by atoms with van der Waals surface area (Å²) >= 11 is 0. The molecule has 5 nitrogen and oxygen atoms in total. The van der Waals surface area contributed by atoms with Crippen molar-refractivity contribution >= 4 is 17.4 Å². The van der Waals surface area contributed by atoms with Crippen molar-refractivity contribution in [3.63, 3.8) is 0 Å². The van der Waals surface area contributed by atoms with Crippen molar-refractivity contribution in [2.75, 3.05) is 10.6 Å². The van der Waals surface area contributed by atoms with Crippen LogP contribution in [0.2, 0.25) is 0 Å². The molecule has 5 heteroatoms. The fourth-order valence-corrected chi connectivity index (χ4v) is 2.42. The Morgan fingerprint density at radius 1 is 0.840 bits per heavy atom. The van der Waals surface area contributed by atoms with Crippen LogP contribution >= 0.6 is 0 Å². The van der Waals surface area contributed by atoms with E-state index in [1.165, 1.54) is 6.07 Å². The van der Waals surface area contributed by atoms with E-state index in [0.717, 1.165) is 28.1 Å². The number of amides is 2. The number of H-pyrrole nitrogens is 1. The standard InChI is InChI=1S/C20H19N3O2/c1-14-2-7-17(8-3-14)22-20(25)23-18-9-4-15(5-10-18)12-16-6-11-19(24)21-13-16/h2-11,13H,12H2,1H3,(H,21,24)(H2,22,23,25). The molecule has 0 radical (unpaired) electrons. The molecule has 1 aromatic heterocycles. The Bertz CT molecular complexity index is 892. The highest BCUT2D eigenvalue weighted by Crippen LogP contribution is 2.14. The summed E-state index contributed by atoms with van der Waals surface area (Å²) in [5, 5.41) is 5.60. The van der Waals surface area contributed by atoms with Crippen molar-refractivity contribution in [1.29, 1.82) is 0 Å². The minimum absolute atomic E-state index is 0.108. The van der Waals surface area contributed by atoms with Crippen LogP contribution in [0.5, 0.6) is 0 Å². The molecule has 1 heterocycles. The normalized spacial score (nSPS) is 10.3. The van der Waals surface area contributed by atoms with E-state index >= 15 is 0 Å². The lowest BCUT2D eigenvalue weighted by Crippen LogP contribution is -2.19. The molecule has 126 valence electrons. The van der Waals surface area contributed by atoms with Crippen LogP contribution in [0, 0.1) is 6.92 Å². The van der Waals surface area contributed by atoms with Crippen molar-refractivity contribution in [1.82, 2.24) is 4.98 Å². The van der Waals surface area contributed by atoms with Gasteiger partial charge in [-0.2, -0.15) is 0 Å². The number of urea groups is 1. The lowest BCUT2D eigenvalue weighted by Gasteiger charge is -2.09. The smallest absolute Gasteiger partial charge is 0.323 e. The zero-order valence-electron chi connectivity index (χ0n) is 13.9. The van der Waals surface area contributed by atoms with Gasteiger partial charge in [-0.15, -0.1) is 0 Å². The van der Waals surface area contributed by atoms with E-state index in [1.807, 2.05) is 55.5 Å². The van der Waals surface area contributed by atoms with E-state index in [2.05, 4.69) is 15.6 Å². The number of hydrogen-bond donors (Lipinski definition) is 3. The van der Waals surface area contributed by atoms with Gasteiger partial charge in [-0.1, -0.05) is 35.9 Å². The van der Waals surface area contributed by atoms with Gasteiger partial charge in [0.25, 0.3) is 0 Å². The van der Waals surface area contributed by atoms with Gasteiger partial charge in [-0.3, -0.25) is 4.79 Å². The van der Waals surface area contributed by atoms with Crippen molar-refractivity contribution in [2.45, 2.75) is 13.3 Å². The van der Waals surface area contributed by atoms with Gasteiger partial charge in [0.1, 0.15) is 0 Å². The average Bonchev–Trinajstić information content (AvgIpc) is 2.61. The van der Waals surface area contributed by atoms with Crippen molar-refractivity contribution in [2.24, 2.45) is 0 Å². The van der Waals surface area contributed by atoms with Gasteiger partial charge in [0.05, 0.1) is 0 Å². The molecule has 3 rings (SSSR count). The van der Waals surface area contributed by atoms with Crippen LogP contribution in [0.3, 0.4) is 0 Å². The number of rotatable bonds is 4. The molecule has 25 heavy (non-hydrogen) atoms. The first-order chi connectivity index (χ1) is 12.1. The third kappa shape index (κ3) is 4.81. The second-order valence-electron chi connectivity index (χ2n) is 5.88. The van der Waals surface area contributed by atoms with Gasteiger partial charge in [-0.25, -0.2) is 4.79 Å². The lowest BCUT2D eigenvalue weighted by atomic mass is 10.1. The Labute approximate surface area is 145 Å². The fraction of sp³-hybridized carbons (Fsp3) is 0.100. The third-order valence-corrected chi connectivity index (χ3v) is 3.78. The molecule has 3 N–H and O–H groups in total. The Hall–Kier alpha value is -3.34. The van der Waals surface area contributed by atoms with Crippen LogP contribution in [-0.2, 0) is 6.42 Å². The number of nitrogens with one attached hydrogen (secondary N) is 3. The summed E-state index contributed by atoms with van der Waals surface area (Å²) in [6, 6.07) is 18.3. The number of aromatic amines is 1. The van der Waals surface area contributed by atoms with Gasteiger partial charge >= 0.3 is 6.03 Å². The lowest BCUT2D eigenvalue weighted by molar-refractivity contribution is 0.262. The molecule has 0 spiro atoms. The van der Waals surface area contributed by atoms with Gasteiger partial charge < -0.3 is 15.6 Å². The number of hydrogen-bond acceptors (Lipinski definition) is 2. The topological polar surface area (TPSA) is 74.0 Å². The maximum atomic E-state index is 12.0. The van der Waals surface area contributed by atoms with E-state index in [0.29, 0.717) is 6.42 Å². The number of anilines is 2. The van der Waals surface area contributed by atoms with Crippen molar-refractivity contribution in [3.8, 4) is 0 Å². The zero-order chi connectivity index (χ0) is 17.6. The molecule has 0 saturated heterocycles. The summed E-state index contributed by atoms with van der Waals surface area (Å²) in [6.45, 7) is 2.00. The van der Waals surface area contributed by atoms with Crippen molar-refractivity contribution < 1.29 is 4.79 Å². The SMILES string of the molecule is Cc1ccc(NC(=O)Nc2ccc(Cc3ccc(=O)[nH]c3)cc2)cc1. The predicted molar refractivity (Wildman–Crippen MR) is 100 cm³/mol. The van der Waals surface area contributed by atoms with Gasteiger partial charge in [0.2, 0.25) is 5.56 Å². The highest BCUT2D eigenvalue weighted by molar-refractivity contribution is 5.99.